The second-order valence-electron chi connectivity index (χ2n) is 22.6. The van der Waals surface area contributed by atoms with Crippen LogP contribution in [-0.2, 0) is 42.3 Å². The van der Waals surface area contributed by atoms with Crippen LogP contribution in [0.1, 0.15) is 133 Å². The van der Waals surface area contributed by atoms with Crippen LogP contribution in [0.2, 0.25) is 0 Å². The number of methoxy groups -OCH3 is 3. The monoisotopic (exact) mass is 1080 g/mol. The highest BCUT2D eigenvalue weighted by Gasteiger charge is 2.50. The van der Waals surface area contributed by atoms with Crippen LogP contribution in [0.5, 0.6) is 23.0 Å². The van der Waals surface area contributed by atoms with E-state index in [0.717, 1.165) is 65.0 Å². The van der Waals surface area contributed by atoms with Gasteiger partial charge >= 0.3 is 5.97 Å². The van der Waals surface area contributed by atoms with Crippen molar-refractivity contribution in [3.8, 4) is 34.1 Å². The Bertz CT molecular complexity index is 3460. The third-order valence-corrected chi connectivity index (χ3v) is 17.4. The summed E-state index contributed by atoms with van der Waals surface area (Å²) in [6.07, 6.45) is 8.07. The van der Waals surface area contributed by atoms with Gasteiger partial charge in [-0.1, -0.05) is 168 Å². The summed E-state index contributed by atoms with van der Waals surface area (Å²) < 4.78 is 17.8. The number of phenolic OH excluding ortho intramolecular Hbond substituents is 1. The Hall–Kier alpha value is -8.03. The number of H-pyrrole nitrogens is 1. The number of para-hydroxylation sites is 1. The smallest absolute Gasteiger partial charge is 0.303 e. The molecule has 5 unspecified atom stereocenters. The molecular weight excluding hydrogens is 999 g/mol. The van der Waals surface area contributed by atoms with E-state index in [1.807, 2.05) is 12.1 Å². The summed E-state index contributed by atoms with van der Waals surface area (Å²) in [7, 11) is 5.19. The topological polar surface area (TPSA) is 101 Å². The summed E-state index contributed by atoms with van der Waals surface area (Å²) in [5.74, 6) is 1.41. The lowest BCUT2D eigenvalue weighted by molar-refractivity contribution is -0.138. The van der Waals surface area contributed by atoms with Gasteiger partial charge in [0.25, 0.3) is 0 Å². The fraction of sp³-hybridized carbons (Fsp3) is 0.311. The number of aliphatic carboxylic acids is 1. The minimum Gasteiger partial charge on any atom is -0.508 e. The molecule has 0 spiro atoms. The molecule has 1 aromatic heterocycles. The van der Waals surface area contributed by atoms with E-state index in [0.29, 0.717) is 25.7 Å². The number of aryl methyl sites for hydroxylation is 2. The molecule has 1 heterocycles. The van der Waals surface area contributed by atoms with Crippen molar-refractivity contribution < 1.29 is 29.2 Å². The molecule has 0 radical (unpaired) electrons. The number of benzene rings is 8. The van der Waals surface area contributed by atoms with Gasteiger partial charge in [0.2, 0.25) is 0 Å². The summed E-state index contributed by atoms with van der Waals surface area (Å²) in [4.78, 5) is 17.0. The summed E-state index contributed by atoms with van der Waals surface area (Å²) >= 11 is 0. The SMILES string of the molecule is CCCC(CC(=O)O)Cc1c(CCc2ccc(O)cc2)c(-c2ccc(OC)cc2)c(C(c2ccc(OC)cc2)C(C)C)c(C(c2ccc(OC)cc2)(C(C)CCc2ccccc2)C(C)c2ccccc2)c1Cc1c[nH]c2ccccc12. The molecule has 0 aliphatic carbocycles. The molecule has 0 fully saturated rings. The number of aromatic nitrogens is 1. The maximum atomic E-state index is 13.3. The zero-order chi connectivity index (χ0) is 57.0. The summed E-state index contributed by atoms with van der Waals surface area (Å²) in [5, 5.41) is 22.7. The van der Waals surface area contributed by atoms with E-state index >= 15 is 0 Å². The van der Waals surface area contributed by atoms with E-state index in [4.69, 9.17) is 14.2 Å². The molecular formula is C74H81NO6. The van der Waals surface area contributed by atoms with E-state index in [9.17, 15) is 15.0 Å². The first kappa shape index (κ1) is 57.6. The number of aromatic hydroxyl groups is 1. The molecule has 0 amide bonds. The van der Waals surface area contributed by atoms with Crippen molar-refractivity contribution in [3.63, 3.8) is 0 Å². The fourth-order valence-electron chi connectivity index (χ4n) is 13.5. The van der Waals surface area contributed by atoms with Crippen LogP contribution < -0.4 is 14.2 Å². The third-order valence-electron chi connectivity index (χ3n) is 17.4. The van der Waals surface area contributed by atoms with E-state index in [2.05, 4.69) is 204 Å². The van der Waals surface area contributed by atoms with Gasteiger partial charge in [0.15, 0.2) is 0 Å². The van der Waals surface area contributed by atoms with E-state index in [1.165, 1.54) is 61.2 Å². The van der Waals surface area contributed by atoms with Crippen molar-refractivity contribution in [2.24, 2.45) is 17.8 Å². The highest BCUT2D eigenvalue weighted by atomic mass is 16.5. The number of carboxylic acid groups (broad SMARTS) is 1. The Morgan fingerprint density at radius 2 is 1.17 bits per heavy atom. The molecule has 0 aliphatic heterocycles. The van der Waals surface area contributed by atoms with Gasteiger partial charge in [-0.3, -0.25) is 4.79 Å². The van der Waals surface area contributed by atoms with Crippen molar-refractivity contribution in [3.05, 3.63) is 249 Å². The molecule has 9 aromatic rings. The van der Waals surface area contributed by atoms with E-state index in [1.54, 1.807) is 33.5 Å². The third kappa shape index (κ3) is 12.6. The lowest BCUT2D eigenvalue weighted by Crippen LogP contribution is -2.43. The molecule has 5 atom stereocenters. The van der Waals surface area contributed by atoms with Crippen LogP contribution in [0.4, 0.5) is 0 Å². The number of nitrogens with one attached hydrogen (secondary N) is 1. The summed E-state index contributed by atoms with van der Waals surface area (Å²) in [5.41, 5.74) is 16.0. The number of aromatic amines is 1. The average molecular weight is 1080 g/mol. The first-order valence-electron chi connectivity index (χ1n) is 29.2. The largest absolute Gasteiger partial charge is 0.508 e. The van der Waals surface area contributed by atoms with Gasteiger partial charge < -0.3 is 29.4 Å². The fourth-order valence-corrected chi connectivity index (χ4v) is 13.5. The second-order valence-corrected chi connectivity index (χ2v) is 22.6. The minimum absolute atomic E-state index is 0.00433. The Labute approximate surface area is 481 Å². The van der Waals surface area contributed by atoms with Crippen molar-refractivity contribution in [2.75, 3.05) is 21.3 Å². The van der Waals surface area contributed by atoms with Crippen molar-refractivity contribution in [2.45, 2.75) is 110 Å². The van der Waals surface area contributed by atoms with Gasteiger partial charge in [-0.25, -0.2) is 0 Å². The number of ether oxygens (including phenoxy) is 3. The number of hydrogen-bond acceptors (Lipinski definition) is 5. The van der Waals surface area contributed by atoms with Gasteiger partial charge in [-0.05, 0) is 189 Å². The molecule has 9 rings (SSSR count). The predicted octanol–water partition coefficient (Wildman–Crippen LogP) is 17.5. The van der Waals surface area contributed by atoms with Crippen molar-refractivity contribution >= 4 is 16.9 Å². The van der Waals surface area contributed by atoms with Crippen LogP contribution in [0.15, 0.2) is 188 Å². The molecule has 7 heteroatoms. The van der Waals surface area contributed by atoms with Gasteiger partial charge in [-0.15, -0.1) is 0 Å². The van der Waals surface area contributed by atoms with E-state index < -0.39 is 11.4 Å². The Balaban J connectivity index is 1.58. The highest BCUT2D eigenvalue weighted by molar-refractivity contribution is 5.85. The maximum absolute atomic E-state index is 13.3. The zero-order valence-corrected chi connectivity index (χ0v) is 48.7. The van der Waals surface area contributed by atoms with Crippen LogP contribution >= 0.6 is 0 Å². The Kier molecular flexibility index (Phi) is 18.9. The zero-order valence-electron chi connectivity index (χ0n) is 48.7. The molecule has 0 aliphatic rings. The number of rotatable bonds is 26. The maximum Gasteiger partial charge on any atom is 0.303 e. The second kappa shape index (κ2) is 26.5. The lowest BCUT2D eigenvalue weighted by atomic mass is 9.52. The molecule has 0 saturated heterocycles. The molecule has 81 heavy (non-hydrogen) atoms. The first-order chi connectivity index (χ1) is 39.4. The molecule has 3 N–H and O–H groups in total. The number of phenols is 1. The van der Waals surface area contributed by atoms with Gasteiger partial charge in [0, 0.05) is 41.3 Å². The average Bonchev–Trinajstić information content (AvgIpc) is 2.19. The van der Waals surface area contributed by atoms with Crippen LogP contribution in [-0.4, -0.2) is 42.5 Å². The molecule has 418 valence electrons. The number of hydrogen-bond donors (Lipinski definition) is 3. The highest BCUT2D eigenvalue weighted by Crippen LogP contribution is 2.59. The Morgan fingerprint density at radius 3 is 1.78 bits per heavy atom. The summed E-state index contributed by atoms with van der Waals surface area (Å²) in [6, 6.07) is 64.7. The van der Waals surface area contributed by atoms with Crippen LogP contribution in [0.3, 0.4) is 0 Å². The number of carbonyl (C=O) groups is 1. The molecule has 0 bridgehead atoms. The first-order valence-corrected chi connectivity index (χ1v) is 29.2. The van der Waals surface area contributed by atoms with Gasteiger partial charge in [-0.2, -0.15) is 0 Å². The minimum atomic E-state index is -0.788. The number of carboxylic acids is 1. The molecule has 8 aromatic carbocycles. The number of fused-ring (bicyclic) bond motifs is 1. The van der Waals surface area contributed by atoms with Crippen molar-refractivity contribution in [1.82, 2.24) is 4.98 Å². The summed E-state index contributed by atoms with van der Waals surface area (Å²) in [6.45, 7) is 11.9. The predicted molar refractivity (Wildman–Crippen MR) is 332 cm³/mol. The molecule has 0 saturated carbocycles. The molecule has 7 nitrogen and oxygen atoms in total. The quantitative estimate of drug-likeness (QED) is 0.0499. The van der Waals surface area contributed by atoms with Crippen LogP contribution in [0, 0.1) is 17.8 Å². The van der Waals surface area contributed by atoms with Crippen LogP contribution in [0.25, 0.3) is 22.0 Å². The Morgan fingerprint density at radius 1 is 0.593 bits per heavy atom. The van der Waals surface area contributed by atoms with Gasteiger partial charge in [0.05, 0.1) is 21.3 Å². The lowest BCUT2D eigenvalue weighted by Gasteiger charge is -2.50. The van der Waals surface area contributed by atoms with Crippen molar-refractivity contribution in [1.29, 1.82) is 0 Å². The van der Waals surface area contributed by atoms with Gasteiger partial charge in [0.1, 0.15) is 23.0 Å². The standard InChI is InChI=1S/C74H81NO6/c1-9-18-54(46-69(77)78)45-66-65(44-29-53-27-36-60(76)37-28-53)71(57-32-40-62(80-7)41-33-57)72(70(49(2)3)56-30-38-61(79-6)39-31-56)73(67(66)47-58-48-75-68-24-17-16-23-64(58)68)74(51(5)55-21-14-11-15-22-55,59-34-42-63(81-8)43-35-59)50(4)25-26-52-19-12-10-13-20-52/h10-17,19-24,27-28,30-43,48-51,54,70,75-76H,9,18,25-26,29,44-47H2,1-8H3,(H,77,78). The normalized spacial score (nSPS) is 13.8. The van der Waals surface area contributed by atoms with E-state index in [-0.39, 0.29) is 41.8 Å².